The molecule has 1 N–H and O–H groups in total. The van der Waals surface area contributed by atoms with Gasteiger partial charge in [0.15, 0.2) is 0 Å². The number of thioether (sulfide) groups is 1. The molecule has 0 bridgehead atoms. The van der Waals surface area contributed by atoms with Gasteiger partial charge in [0.25, 0.3) is 0 Å². The topological polar surface area (TPSA) is 78.7 Å². The molecule has 0 saturated heterocycles. The highest BCUT2D eigenvalue weighted by atomic mass is 35.5. The Labute approximate surface area is 172 Å². The summed E-state index contributed by atoms with van der Waals surface area (Å²) in [6, 6.07) is 16.7. The highest BCUT2D eigenvalue weighted by molar-refractivity contribution is 7.99. The van der Waals surface area contributed by atoms with Crippen LogP contribution in [0.1, 0.15) is 17.5 Å². The third-order valence-corrected chi connectivity index (χ3v) is 5.11. The fraction of sp³-hybridized carbons (Fsp3) is 0.143. The molecule has 0 aliphatic rings. The maximum absolute atomic E-state index is 12.1. The molecule has 1 aromatic carbocycles. The van der Waals surface area contributed by atoms with E-state index in [1.807, 2.05) is 31.2 Å². The minimum Gasteiger partial charge on any atom is -0.311 e. The number of nitrogens with one attached hydrogen (secondary N) is 1. The van der Waals surface area contributed by atoms with Crippen molar-refractivity contribution < 1.29 is 4.79 Å². The number of carbonyl (C=O) groups excluding carboxylic acids is 1. The van der Waals surface area contributed by atoms with Crippen molar-refractivity contribution >= 4 is 35.1 Å². The Bertz CT molecular complexity index is 1010. The first-order valence-electron chi connectivity index (χ1n) is 8.57. The highest BCUT2D eigenvalue weighted by Crippen LogP contribution is 2.26. The summed E-state index contributed by atoms with van der Waals surface area (Å²) in [4.78, 5) is 20.8. The van der Waals surface area contributed by atoms with E-state index in [1.165, 1.54) is 11.8 Å². The van der Waals surface area contributed by atoms with Gasteiger partial charge in [-0.1, -0.05) is 29.8 Å². The van der Waals surface area contributed by atoms with Gasteiger partial charge in [0, 0.05) is 29.0 Å². The molecule has 0 atom stereocenters. The summed E-state index contributed by atoms with van der Waals surface area (Å²) in [5.41, 5.74) is 3.19. The van der Waals surface area contributed by atoms with Gasteiger partial charge in [-0.2, -0.15) is 5.26 Å². The largest absolute Gasteiger partial charge is 0.311 e. The highest BCUT2D eigenvalue weighted by Gasteiger charge is 2.10. The molecular formula is C21H17ClN4OS. The van der Waals surface area contributed by atoms with Crippen LogP contribution < -0.4 is 5.32 Å². The SMILES string of the molecule is Cc1ccc(NC(=O)CCSc2nc(-c3ccc(Cl)cc3)ccc2C#N)nc1. The zero-order valence-electron chi connectivity index (χ0n) is 15.1. The minimum atomic E-state index is -0.129. The molecule has 0 aliphatic carbocycles. The molecule has 140 valence electrons. The van der Waals surface area contributed by atoms with E-state index in [-0.39, 0.29) is 12.3 Å². The number of pyridine rings is 2. The van der Waals surface area contributed by atoms with E-state index in [9.17, 15) is 10.1 Å². The zero-order valence-corrected chi connectivity index (χ0v) is 16.7. The molecule has 0 aliphatic heterocycles. The van der Waals surface area contributed by atoms with E-state index in [1.54, 1.807) is 30.5 Å². The van der Waals surface area contributed by atoms with Crippen molar-refractivity contribution in [2.75, 3.05) is 11.1 Å². The van der Waals surface area contributed by atoms with E-state index in [4.69, 9.17) is 11.6 Å². The van der Waals surface area contributed by atoms with Crippen LogP contribution in [-0.4, -0.2) is 21.6 Å². The first-order chi connectivity index (χ1) is 13.5. The van der Waals surface area contributed by atoms with Crippen LogP contribution in [0.15, 0.2) is 59.8 Å². The van der Waals surface area contributed by atoms with Crippen molar-refractivity contribution in [2.45, 2.75) is 18.4 Å². The lowest BCUT2D eigenvalue weighted by atomic mass is 10.1. The van der Waals surface area contributed by atoms with Crippen molar-refractivity contribution in [1.29, 1.82) is 5.26 Å². The third kappa shape index (κ3) is 5.32. The van der Waals surface area contributed by atoms with Gasteiger partial charge in [-0.05, 0) is 42.8 Å². The summed E-state index contributed by atoms with van der Waals surface area (Å²) in [6.07, 6.45) is 1.99. The normalized spacial score (nSPS) is 10.3. The summed E-state index contributed by atoms with van der Waals surface area (Å²) >= 11 is 7.32. The van der Waals surface area contributed by atoms with Crippen LogP contribution in [0.3, 0.4) is 0 Å². The second kappa shape index (κ2) is 9.36. The van der Waals surface area contributed by atoms with Gasteiger partial charge < -0.3 is 5.32 Å². The first kappa shape index (κ1) is 19.9. The van der Waals surface area contributed by atoms with Crippen LogP contribution in [-0.2, 0) is 4.79 Å². The van der Waals surface area contributed by atoms with Gasteiger partial charge >= 0.3 is 0 Å². The number of anilines is 1. The van der Waals surface area contributed by atoms with Crippen LogP contribution in [0.4, 0.5) is 5.82 Å². The number of rotatable bonds is 6. The first-order valence-corrected chi connectivity index (χ1v) is 9.94. The summed E-state index contributed by atoms with van der Waals surface area (Å²) in [7, 11) is 0. The van der Waals surface area contributed by atoms with Crippen LogP contribution >= 0.6 is 23.4 Å². The Morgan fingerprint density at radius 1 is 1.18 bits per heavy atom. The maximum Gasteiger partial charge on any atom is 0.226 e. The molecule has 28 heavy (non-hydrogen) atoms. The molecule has 0 saturated carbocycles. The number of hydrogen-bond donors (Lipinski definition) is 1. The quantitative estimate of drug-likeness (QED) is 0.574. The summed E-state index contributed by atoms with van der Waals surface area (Å²) in [5, 5.41) is 13.4. The van der Waals surface area contributed by atoms with Crippen LogP contribution in [0.25, 0.3) is 11.3 Å². The van der Waals surface area contributed by atoms with Crippen molar-refractivity contribution in [1.82, 2.24) is 9.97 Å². The van der Waals surface area contributed by atoms with Gasteiger partial charge in [-0.25, -0.2) is 9.97 Å². The number of halogens is 1. The summed E-state index contributed by atoms with van der Waals surface area (Å²) in [5.74, 6) is 0.904. The van der Waals surface area contributed by atoms with Crippen molar-refractivity contribution in [3.8, 4) is 17.3 Å². The number of aryl methyl sites for hydroxylation is 1. The second-order valence-electron chi connectivity index (χ2n) is 6.04. The third-order valence-electron chi connectivity index (χ3n) is 3.87. The molecule has 1 amide bonds. The molecule has 0 unspecified atom stereocenters. The molecule has 2 heterocycles. The van der Waals surface area contributed by atoms with Crippen molar-refractivity contribution in [2.24, 2.45) is 0 Å². The van der Waals surface area contributed by atoms with Gasteiger partial charge in [0.1, 0.15) is 16.9 Å². The van der Waals surface area contributed by atoms with Crippen LogP contribution in [0, 0.1) is 18.3 Å². The van der Waals surface area contributed by atoms with Gasteiger partial charge in [-0.3, -0.25) is 4.79 Å². The number of aromatic nitrogens is 2. The smallest absolute Gasteiger partial charge is 0.226 e. The van der Waals surface area contributed by atoms with Crippen molar-refractivity contribution in [3.63, 3.8) is 0 Å². The Morgan fingerprint density at radius 2 is 1.96 bits per heavy atom. The van der Waals surface area contributed by atoms with Gasteiger partial charge in [0.05, 0.1) is 11.3 Å². The average Bonchev–Trinajstić information content (AvgIpc) is 2.70. The van der Waals surface area contributed by atoms with Gasteiger partial charge in [-0.15, -0.1) is 11.8 Å². The predicted molar refractivity (Wildman–Crippen MR) is 112 cm³/mol. The van der Waals surface area contributed by atoms with E-state index in [0.717, 1.165) is 16.8 Å². The Morgan fingerprint density at radius 3 is 2.64 bits per heavy atom. The molecule has 0 fully saturated rings. The van der Waals surface area contributed by atoms with E-state index in [2.05, 4.69) is 21.4 Å². The lowest BCUT2D eigenvalue weighted by Crippen LogP contribution is -2.13. The fourth-order valence-corrected chi connectivity index (χ4v) is 3.44. The van der Waals surface area contributed by atoms with Crippen molar-refractivity contribution in [3.05, 3.63) is 70.9 Å². The van der Waals surface area contributed by atoms with Crippen LogP contribution in [0.5, 0.6) is 0 Å². The average molecular weight is 409 g/mol. The Hall–Kier alpha value is -2.88. The number of nitriles is 1. The monoisotopic (exact) mass is 408 g/mol. The lowest BCUT2D eigenvalue weighted by Gasteiger charge is -2.07. The molecule has 2 aromatic heterocycles. The van der Waals surface area contributed by atoms with Gasteiger partial charge in [0.2, 0.25) is 5.91 Å². The minimum absolute atomic E-state index is 0.129. The molecular weight excluding hydrogens is 392 g/mol. The molecule has 5 nitrogen and oxygen atoms in total. The van der Waals surface area contributed by atoms with Crippen LogP contribution in [0.2, 0.25) is 5.02 Å². The Balaban J connectivity index is 1.63. The van der Waals surface area contributed by atoms with E-state index in [0.29, 0.717) is 27.2 Å². The summed E-state index contributed by atoms with van der Waals surface area (Å²) in [6.45, 7) is 1.94. The summed E-state index contributed by atoms with van der Waals surface area (Å²) < 4.78 is 0. The van der Waals surface area contributed by atoms with E-state index < -0.39 is 0 Å². The fourth-order valence-electron chi connectivity index (χ4n) is 2.40. The Kier molecular flexibility index (Phi) is 6.64. The molecule has 0 spiro atoms. The standard InChI is InChI=1S/C21H17ClN4OS/c1-14-2-9-19(24-13-14)26-20(27)10-11-28-21-16(12-23)5-8-18(25-21)15-3-6-17(22)7-4-15/h2-9,13H,10-11H2,1H3,(H,24,26,27). The van der Waals surface area contributed by atoms with E-state index >= 15 is 0 Å². The maximum atomic E-state index is 12.1. The number of benzene rings is 1. The second-order valence-corrected chi connectivity index (χ2v) is 7.56. The molecule has 3 aromatic rings. The molecule has 3 rings (SSSR count). The number of carbonyl (C=O) groups is 1. The number of nitrogens with zero attached hydrogens (tertiary/aromatic N) is 3. The molecule has 7 heteroatoms. The lowest BCUT2D eigenvalue weighted by molar-refractivity contribution is -0.115. The zero-order chi connectivity index (χ0) is 19.9. The predicted octanol–water partition coefficient (Wildman–Crippen LogP) is 5.10. The number of amides is 1. The number of hydrogen-bond acceptors (Lipinski definition) is 5. The molecule has 0 radical (unpaired) electrons.